The molecule has 2 aromatic carbocycles. The highest BCUT2D eigenvalue weighted by molar-refractivity contribution is 5.94. The average Bonchev–Trinajstić information content (AvgIpc) is 2.93. The SMILES string of the molecule is Cc1ccc(OCNC(=O)N2CCc3ccccc32)cc1. The molecule has 21 heavy (non-hydrogen) atoms. The van der Waals surface area contributed by atoms with E-state index in [0.29, 0.717) is 0 Å². The Morgan fingerprint density at radius 1 is 1.19 bits per heavy atom. The largest absolute Gasteiger partial charge is 0.473 e. The Kier molecular flexibility index (Phi) is 3.77. The number of para-hydroxylation sites is 1. The van der Waals surface area contributed by atoms with E-state index in [1.165, 1.54) is 11.1 Å². The van der Waals surface area contributed by atoms with Crippen molar-refractivity contribution >= 4 is 11.7 Å². The number of hydrogen-bond acceptors (Lipinski definition) is 2. The third-order valence-electron chi connectivity index (χ3n) is 3.62. The number of carbonyl (C=O) groups excluding carboxylic acids is 1. The second kappa shape index (κ2) is 5.87. The van der Waals surface area contributed by atoms with Crippen LogP contribution in [0.15, 0.2) is 48.5 Å². The minimum Gasteiger partial charge on any atom is -0.473 e. The molecule has 0 saturated carbocycles. The number of nitrogens with zero attached hydrogens (tertiary/aromatic N) is 1. The number of amides is 2. The molecule has 1 N–H and O–H groups in total. The maximum absolute atomic E-state index is 12.2. The highest BCUT2D eigenvalue weighted by Gasteiger charge is 2.23. The van der Waals surface area contributed by atoms with Gasteiger partial charge in [0, 0.05) is 12.2 Å². The molecule has 3 rings (SSSR count). The highest BCUT2D eigenvalue weighted by Crippen LogP contribution is 2.27. The van der Waals surface area contributed by atoms with Gasteiger partial charge in [0.1, 0.15) is 5.75 Å². The average molecular weight is 282 g/mol. The number of hydrogen-bond donors (Lipinski definition) is 1. The zero-order chi connectivity index (χ0) is 14.7. The van der Waals surface area contributed by atoms with E-state index in [2.05, 4.69) is 11.4 Å². The lowest BCUT2D eigenvalue weighted by Gasteiger charge is -2.18. The zero-order valence-electron chi connectivity index (χ0n) is 12.0. The molecule has 0 unspecified atom stereocenters. The van der Waals surface area contributed by atoms with E-state index in [1.54, 1.807) is 4.90 Å². The van der Waals surface area contributed by atoms with Gasteiger partial charge in [-0.3, -0.25) is 4.90 Å². The normalized spacial score (nSPS) is 12.9. The monoisotopic (exact) mass is 282 g/mol. The number of ether oxygens (including phenoxy) is 1. The van der Waals surface area contributed by atoms with Gasteiger partial charge in [0.2, 0.25) is 0 Å². The van der Waals surface area contributed by atoms with Gasteiger partial charge in [0.25, 0.3) is 0 Å². The smallest absolute Gasteiger partial charge is 0.324 e. The molecule has 0 radical (unpaired) electrons. The molecule has 0 aromatic heterocycles. The summed E-state index contributed by atoms with van der Waals surface area (Å²) in [4.78, 5) is 13.9. The fraction of sp³-hybridized carbons (Fsp3) is 0.235. The van der Waals surface area contributed by atoms with Gasteiger partial charge in [-0.1, -0.05) is 35.9 Å². The van der Waals surface area contributed by atoms with Gasteiger partial charge in [-0.25, -0.2) is 4.79 Å². The summed E-state index contributed by atoms with van der Waals surface area (Å²) in [7, 11) is 0. The molecular formula is C17H18N2O2. The van der Waals surface area contributed by atoms with Gasteiger partial charge in [-0.05, 0) is 37.1 Å². The zero-order valence-corrected chi connectivity index (χ0v) is 12.0. The van der Waals surface area contributed by atoms with Crippen molar-refractivity contribution in [2.24, 2.45) is 0 Å². The lowest BCUT2D eigenvalue weighted by molar-refractivity contribution is 0.229. The molecule has 1 heterocycles. The van der Waals surface area contributed by atoms with Crippen LogP contribution >= 0.6 is 0 Å². The first-order chi connectivity index (χ1) is 10.2. The summed E-state index contributed by atoms with van der Waals surface area (Å²) in [5.41, 5.74) is 3.39. The maximum atomic E-state index is 12.2. The first-order valence-corrected chi connectivity index (χ1v) is 7.07. The van der Waals surface area contributed by atoms with Crippen LogP contribution in [0.4, 0.5) is 10.5 Å². The van der Waals surface area contributed by atoms with Gasteiger partial charge in [-0.15, -0.1) is 0 Å². The summed E-state index contributed by atoms with van der Waals surface area (Å²) in [5, 5.41) is 2.79. The minimum absolute atomic E-state index is 0.118. The summed E-state index contributed by atoms with van der Waals surface area (Å²) in [6.45, 7) is 2.91. The van der Waals surface area contributed by atoms with Crippen LogP contribution in [0.1, 0.15) is 11.1 Å². The van der Waals surface area contributed by atoms with E-state index in [1.807, 2.05) is 49.4 Å². The number of benzene rings is 2. The van der Waals surface area contributed by atoms with Crippen LogP contribution in [-0.4, -0.2) is 19.3 Å². The number of anilines is 1. The molecule has 1 aliphatic heterocycles. The van der Waals surface area contributed by atoms with Gasteiger partial charge in [0.15, 0.2) is 6.73 Å². The Bertz CT molecular complexity index is 637. The van der Waals surface area contributed by atoms with Crippen LogP contribution in [0.5, 0.6) is 5.75 Å². The van der Waals surface area contributed by atoms with Crippen molar-refractivity contribution in [2.75, 3.05) is 18.2 Å². The van der Waals surface area contributed by atoms with Gasteiger partial charge < -0.3 is 10.1 Å². The first-order valence-electron chi connectivity index (χ1n) is 7.07. The molecule has 2 aromatic rings. The third-order valence-corrected chi connectivity index (χ3v) is 3.62. The molecule has 4 heteroatoms. The van der Waals surface area contributed by atoms with Crippen LogP contribution in [0.3, 0.4) is 0 Å². The van der Waals surface area contributed by atoms with E-state index >= 15 is 0 Å². The number of carbonyl (C=O) groups is 1. The highest BCUT2D eigenvalue weighted by atomic mass is 16.5. The molecule has 0 bridgehead atoms. The van der Waals surface area contributed by atoms with E-state index < -0.39 is 0 Å². The van der Waals surface area contributed by atoms with Crippen molar-refractivity contribution in [1.29, 1.82) is 0 Å². The van der Waals surface area contributed by atoms with Gasteiger partial charge in [0.05, 0.1) is 0 Å². The molecule has 1 aliphatic rings. The molecule has 0 fully saturated rings. The van der Waals surface area contributed by atoms with Crippen molar-refractivity contribution < 1.29 is 9.53 Å². The molecule has 0 aliphatic carbocycles. The molecule has 0 spiro atoms. The summed E-state index contributed by atoms with van der Waals surface area (Å²) >= 11 is 0. The Labute approximate surface area is 124 Å². The summed E-state index contributed by atoms with van der Waals surface area (Å²) in [6.07, 6.45) is 0.905. The number of nitrogens with one attached hydrogen (secondary N) is 1. The van der Waals surface area contributed by atoms with Crippen LogP contribution in [0.2, 0.25) is 0 Å². The fourth-order valence-electron chi connectivity index (χ4n) is 2.46. The van der Waals surface area contributed by atoms with E-state index in [-0.39, 0.29) is 12.8 Å². The summed E-state index contributed by atoms with van der Waals surface area (Å²) in [5.74, 6) is 0.753. The Hall–Kier alpha value is -2.49. The van der Waals surface area contributed by atoms with Crippen molar-refractivity contribution in [1.82, 2.24) is 5.32 Å². The van der Waals surface area contributed by atoms with Gasteiger partial charge in [-0.2, -0.15) is 0 Å². The van der Waals surface area contributed by atoms with Crippen molar-refractivity contribution in [3.8, 4) is 5.75 Å². The molecular weight excluding hydrogens is 264 g/mol. The number of fused-ring (bicyclic) bond motifs is 1. The number of urea groups is 1. The predicted octanol–water partition coefficient (Wildman–Crippen LogP) is 3.10. The number of rotatable bonds is 3. The fourth-order valence-corrected chi connectivity index (χ4v) is 2.46. The second-order valence-corrected chi connectivity index (χ2v) is 5.11. The quantitative estimate of drug-likeness (QED) is 0.879. The van der Waals surface area contributed by atoms with Crippen molar-refractivity contribution in [3.05, 3.63) is 59.7 Å². The number of aryl methyl sites for hydroxylation is 1. The Morgan fingerprint density at radius 2 is 1.95 bits per heavy atom. The molecule has 4 nitrogen and oxygen atoms in total. The standard InChI is InChI=1S/C17H18N2O2/c1-13-6-8-15(9-7-13)21-12-18-17(20)19-11-10-14-4-2-3-5-16(14)19/h2-9H,10-12H2,1H3,(H,18,20). The molecule has 108 valence electrons. The predicted molar refractivity (Wildman–Crippen MR) is 82.7 cm³/mol. The Balaban J connectivity index is 1.54. The van der Waals surface area contributed by atoms with Crippen molar-refractivity contribution in [2.45, 2.75) is 13.3 Å². The van der Waals surface area contributed by atoms with E-state index in [0.717, 1.165) is 24.4 Å². The first kappa shape index (κ1) is 13.5. The maximum Gasteiger partial charge on any atom is 0.324 e. The summed E-state index contributed by atoms with van der Waals surface area (Å²) in [6, 6.07) is 15.6. The second-order valence-electron chi connectivity index (χ2n) is 5.11. The lowest BCUT2D eigenvalue weighted by Crippen LogP contribution is -2.40. The van der Waals surface area contributed by atoms with Crippen LogP contribution in [0, 0.1) is 6.92 Å². The van der Waals surface area contributed by atoms with Crippen LogP contribution in [-0.2, 0) is 6.42 Å². The third kappa shape index (κ3) is 2.99. The summed E-state index contributed by atoms with van der Waals surface area (Å²) < 4.78 is 5.52. The molecule has 0 atom stereocenters. The van der Waals surface area contributed by atoms with E-state index in [4.69, 9.17) is 4.74 Å². The lowest BCUT2D eigenvalue weighted by atomic mass is 10.2. The van der Waals surface area contributed by atoms with Gasteiger partial charge >= 0.3 is 6.03 Å². The van der Waals surface area contributed by atoms with E-state index in [9.17, 15) is 4.79 Å². The minimum atomic E-state index is -0.118. The molecule has 0 saturated heterocycles. The Morgan fingerprint density at radius 3 is 2.76 bits per heavy atom. The van der Waals surface area contributed by atoms with Crippen molar-refractivity contribution in [3.63, 3.8) is 0 Å². The van der Waals surface area contributed by atoms with Crippen LogP contribution in [0.25, 0.3) is 0 Å². The topological polar surface area (TPSA) is 41.6 Å². The van der Waals surface area contributed by atoms with Crippen LogP contribution < -0.4 is 15.0 Å². The molecule has 2 amide bonds.